The van der Waals surface area contributed by atoms with Gasteiger partial charge in [-0.2, -0.15) is 0 Å². The van der Waals surface area contributed by atoms with Crippen LogP contribution in [0.1, 0.15) is 5.56 Å². The molecule has 0 amide bonds. The lowest BCUT2D eigenvalue weighted by Gasteiger charge is -2.17. The zero-order chi connectivity index (χ0) is 19.2. The Bertz CT molecular complexity index is 1080. The summed E-state index contributed by atoms with van der Waals surface area (Å²) in [6, 6.07) is 25.8. The molecule has 4 rings (SSSR count). The average molecular weight is 385 g/mol. The molecule has 28 heavy (non-hydrogen) atoms. The summed E-state index contributed by atoms with van der Waals surface area (Å²) in [5.74, 6) is 1.49. The van der Waals surface area contributed by atoms with Gasteiger partial charge in [-0.1, -0.05) is 48.5 Å². The van der Waals surface area contributed by atoms with Crippen LogP contribution in [0, 0.1) is 0 Å². The van der Waals surface area contributed by atoms with E-state index in [9.17, 15) is 0 Å². The van der Waals surface area contributed by atoms with Crippen molar-refractivity contribution >= 4 is 33.8 Å². The van der Waals surface area contributed by atoms with Gasteiger partial charge >= 0.3 is 0 Å². The molecular formula is C23H19N3OS. The lowest BCUT2D eigenvalue weighted by Crippen LogP contribution is -2.28. The highest BCUT2D eigenvalue weighted by Gasteiger charge is 2.11. The Kier molecular flexibility index (Phi) is 5.45. The highest BCUT2D eigenvalue weighted by Crippen LogP contribution is 2.36. The Labute approximate surface area is 169 Å². The minimum absolute atomic E-state index is 0.533. The van der Waals surface area contributed by atoms with Gasteiger partial charge in [-0.05, 0) is 53.5 Å². The van der Waals surface area contributed by atoms with E-state index >= 15 is 0 Å². The molecule has 1 aromatic heterocycles. The van der Waals surface area contributed by atoms with Gasteiger partial charge in [-0.15, -0.1) is 0 Å². The van der Waals surface area contributed by atoms with E-state index in [1.807, 2.05) is 66.7 Å². The first-order valence-electron chi connectivity index (χ1n) is 8.98. The number of benzene rings is 3. The fourth-order valence-electron chi connectivity index (χ4n) is 2.92. The molecule has 0 aliphatic rings. The van der Waals surface area contributed by atoms with Crippen LogP contribution in [-0.2, 0) is 6.54 Å². The summed E-state index contributed by atoms with van der Waals surface area (Å²) in [7, 11) is 0. The first-order chi connectivity index (χ1) is 13.8. The molecule has 5 heteroatoms. The molecule has 0 bridgehead atoms. The molecule has 2 N–H and O–H groups in total. The third kappa shape index (κ3) is 4.27. The number of thiocarbonyl (C=S) groups is 1. The minimum Gasteiger partial charge on any atom is -0.455 e. The maximum atomic E-state index is 6.12. The third-order valence-electron chi connectivity index (χ3n) is 4.30. The highest BCUT2D eigenvalue weighted by molar-refractivity contribution is 7.80. The van der Waals surface area contributed by atoms with Crippen LogP contribution in [0.2, 0.25) is 0 Å². The SMILES string of the molecule is S=C(NCc1ccncc1)Nc1c(Oc2ccccc2)ccc2ccccc12. The van der Waals surface area contributed by atoms with E-state index in [2.05, 4.69) is 27.8 Å². The second-order valence-electron chi connectivity index (χ2n) is 6.24. The van der Waals surface area contributed by atoms with Crippen LogP contribution < -0.4 is 15.4 Å². The van der Waals surface area contributed by atoms with E-state index in [0.717, 1.165) is 33.5 Å². The van der Waals surface area contributed by atoms with Crippen molar-refractivity contribution in [1.82, 2.24) is 10.3 Å². The van der Waals surface area contributed by atoms with Gasteiger partial charge in [0.2, 0.25) is 0 Å². The van der Waals surface area contributed by atoms with Crippen molar-refractivity contribution in [2.75, 3.05) is 5.32 Å². The molecule has 138 valence electrons. The quantitative estimate of drug-likeness (QED) is 0.443. The Morgan fingerprint density at radius 2 is 1.61 bits per heavy atom. The first kappa shape index (κ1) is 17.9. The van der Waals surface area contributed by atoms with Crippen LogP contribution in [0.25, 0.3) is 10.8 Å². The number of anilines is 1. The number of ether oxygens (including phenoxy) is 1. The number of nitrogens with zero attached hydrogens (tertiary/aromatic N) is 1. The van der Waals surface area contributed by atoms with E-state index in [1.54, 1.807) is 12.4 Å². The maximum absolute atomic E-state index is 6.12. The molecule has 0 aliphatic heterocycles. The van der Waals surface area contributed by atoms with Gasteiger partial charge in [0.15, 0.2) is 10.9 Å². The molecular weight excluding hydrogens is 366 g/mol. The summed E-state index contributed by atoms with van der Waals surface area (Å²) in [5.41, 5.74) is 1.95. The molecule has 4 nitrogen and oxygen atoms in total. The predicted octanol–water partition coefficient (Wildman–Crippen LogP) is 5.51. The summed E-state index contributed by atoms with van der Waals surface area (Å²) in [4.78, 5) is 4.03. The molecule has 0 spiro atoms. The third-order valence-corrected chi connectivity index (χ3v) is 4.55. The molecule has 0 saturated carbocycles. The molecule has 0 radical (unpaired) electrons. The Morgan fingerprint density at radius 1 is 0.857 bits per heavy atom. The number of para-hydroxylation sites is 1. The maximum Gasteiger partial charge on any atom is 0.171 e. The van der Waals surface area contributed by atoms with Gasteiger partial charge in [0.05, 0.1) is 5.69 Å². The average Bonchev–Trinajstić information content (AvgIpc) is 2.75. The van der Waals surface area contributed by atoms with Crippen molar-refractivity contribution in [3.8, 4) is 11.5 Å². The summed E-state index contributed by atoms with van der Waals surface area (Å²) < 4.78 is 6.12. The summed E-state index contributed by atoms with van der Waals surface area (Å²) >= 11 is 5.53. The van der Waals surface area contributed by atoms with Crippen molar-refractivity contribution in [3.05, 3.63) is 96.8 Å². The molecule has 0 unspecified atom stereocenters. The molecule has 0 fully saturated rings. The predicted molar refractivity (Wildman–Crippen MR) is 118 cm³/mol. The van der Waals surface area contributed by atoms with Crippen LogP contribution >= 0.6 is 12.2 Å². The van der Waals surface area contributed by atoms with Crippen LogP contribution in [0.5, 0.6) is 11.5 Å². The molecule has 4 aromatic rings. The lowest BCUT2D eigenvalue weighted by molar-refractivity contribution is 0.485. The number of nitrogens with one attached hydrogen (secondary N) is 2. The van der Waals surface area contributed by atoms with E-state index in [4.69, 9.17) is 17.0 Å². The van der Waals surface area contributed by atoms with Crippen LogP contribution in [0.15, 0.2) is 91.3 Å². The number of fused-ring (bicyclic) bond motifs is 1. The Hall–Kier alpha value is -3.44. The fourth-order valence-corrected chi connectivity index (χ4v) is 3.10. The van der Waals surface area contributed by atoms with Crippen molar-refractivity contribution < 1.29 is 4.74 Å². The van der Waals surface area contributed by atoms with Gasteiger partial charge in [-0.3, -0.25) is 4.98 Å². The topological polar surface area (TPSA) is 46.2 Å². The van der Waals surface area contributed by atoms with Gasteiger partial charge < -0.3 is 15.4 Å². The second-order valence-corrected chi connectivity index (χ2v) is 6.65. The molecule has 0 atom stereocenters. The largest absolute Gasteiger partial charge is 0.455 e. The summed E-state index contributed by atoms with van der Waals surface area (Å²) in [6.07, 6.45) is 3.54. The molecule has 0 aliphatic carbocycles. The number of hydrogen-bond donors (Lipinski definition) is 2. The molecule has 1 heterocycles. The zero-order valence-electron chi connectivity index (χ0n) is 15.1. The fraction of sp³-hybridized carbons (Fsp3) is 0.0435. The van der Waals surface area contributed by atoms with E-state index in [1.165, 1.54) is 0 Å². The van der Waals surface area contributed by atoms with Gasteiger partial charge in [0.25, 0.3) is 0 Å². The normalized spacial score (nSPS) is 10.4. The lowest BCUT2D eigenvalue weighted by atomic mass is 10.1. The van der Waals surface area contributed by atoms with Crippen molar-refractivity contribution in [2.24, 2.45) is 0 Å². The Morgan fingerprint density at radius 3 is 2.43 bits per heavy atom. The van der Waals surface area contributed by atoms with Crippen LogP contribution in [0.4, 0.5) is 5.69 Å². The highest BCUT2D eigenvalue weighted by atomic mass is 32.1. The van der Waals surface area contributed by atoms with Gasteiger partial charge in [-0.25, -0.2) is 0 Å². The summed E-state index contributed by atoms with van der Waals surface area (Å²) in [6.45, 7) is 0.619. The van der Waals surface area contributed by atoms with E-state index < -0.39 is 0 Å². The first-order valence-corrected chi connectivity index (χ1v) is 9.39. The van der Waals surface area contributed by atoms with Crippen molar-refractivity contribution in [2.45, 2.75) is 6.54 Å². The minimum atomic E-state index is 0.533. The molecule has 0 saturated heterocycles. The second kappa shape index (κ2) is 8.50. The monoisotopic (exact) mass is 385 g/mol. The molecule has 3 aromatic carbocycles. The van der Waals surface area contributed by atoms with Gasteiger partial charge in [0.1, 0.15) is 5.75 Å². The number of aromatic nitrogens is 1. The van der Waals surface area contributed by atoms with Crippen molar-refractivity contribution in [3.63, 3.8) is 0 Å². The van der Waals surface area contributed by atoms with Crippen LogP contribution in [0.3, 0.4) is 0 Å². The van der Waals surface area contributed by atoms with E-state index in [0.29, 0.717) is 11.7 Å². The smallest absolute Gasteiger partial charge is 0.171 e. The van der Waals surface area contributed by atoms with E-state index in [-0.39, 0.29) is 0 Å². The summed E-state index contributed by atoms with van der Waals surface area (Å²) in [5, 5.41) is 9.26. The number of pyridine rings is 1. The number of hydrogen-bond acceptors (Lipinski definition) is 3. The van der Waals surface area contributed by atoms with Gasteiger partial charge in [0, 0.05) is 24.3 Å². The van der Waals surface area contributed by atoms with Crippen LogP contribution in [-0.4, -0.2) is 10.1 Å². The zero-order valence-corrected chi connectivity index (χ0v) is 15.9. The standard InChI is InChI=1S/C23H19N3OS/c28-23(25-16-17-12-14-24-15-13-17)26-22-20-9-5-4-6-18(20)10-11-21(22)27-19-7-2-1-3-8-19/h1-15H,16H2,(H2,25,26,28). The number of rotatable bonds is 5. The Balaban J connectivity index is 1.60. The van der Waals surface area contributed by atoms with Crippen molar-refractivity contribution in [1.29, 1.82) is 0 Å².